The van der Waals surface area contributed by atoms with Crippen LogP contribution >= 0.6 is 11.3 Å². The Morgan fingerprint density at radius 2 is 1.78 bits per heavy atom. The normalized spacial score (nSPS) is 13.6. The molecule has 32 heavy (non-hydrogen) atoms. The fourth-order valence-electron chi connectivity index (χ4n) is 3.43. The van der Waals surface area contributed by atoms with Crippen molar-refractivity contribution in [3.05, 3.63) is 75.8 Å². The molecule has 1 aliphatic heterocycles. The highest BCUT2D eigenvalue weighted by Crippen LogP contribution is 2.26. The van der Waals surface area contributed by atoms with Gasteiger partial charge in [-0.15, -0.1) is 0 Å². The Bertz CT molecular complexity index is 1110. The molecule has 2 aromatic carbocycles. The van der Waals surface area contributed by atoms with Crippen molar-refractivity contribution in [3.8, 4) is 5.75 Å². The number of hydrazine groups is 1. The maximum Gasteiger partial charge on any atom is 0.281 e. The zero-order valence-corrected chi connectivity index (χ0v) is 18.4. The highest BCUT2D eigenvalue weighted by Gasteiger charge is 2.21. The van der Waals surface area contributed by atoms with Crippen LogP contribution in [-0.4, -0.2) is 48.2 Å². The van der Waals surface area contributed by atoms with Gasteiger partial charge in [0.05, 0.1) is 24.5 Å². The molecule has 2 heterocycles. The lowest BCUT2D eigenvalue weighted by molar-refractivity contribution is 0.0846. The average molecular weight is 453 g/mol. The molecule has 0 atom stereocenters. The lowest BCUT2D eigenvalue weighted by Gasteiger charge is -2.25. The Balaban J connectivity index is 1.40. The van der Waals surface area contributed by atoms with Crippen LogP contribution in [0.2, 0.25) is 0 Å². The molecule has 8 nitrogen and oxygen atoms in total. The summed E-state index contributed by atoms with van der Waals surface area (Å²) in [4.78, 5) is 32.2. The molecule has 3 N–H and O–H groups in total. The summed E-state index contributed by atoms with van der Waals surface area (Å²) < 4.78 is 5.35. The first-order valence-corrected chi connectivity index (χ1v) is 11.1. The van der Waals surface area contributed by atoms with Gasteiger partial charge in [0.2, 0.25) is 0 Å². The number of rotatable bonds is 5. The number of amides is 2. The number of phenols is 1. The smallest absolute Gasteiger partial charge is 0.281 e. The molecule has 0 saturated carbocycles. The fraction of sp³-hybridized carbons (Fsp3) is 0.261. The molecule has 1 fully saturated rings. The van der Waals surface area contributed by atoms with Crippen LogP contribution < -0.4 is 15.8 Å². The van der Waals surface area contributed by atoms with E-state index in [9.17, 15) is 14.7 Å². The number of nitrogens with zero attached hydrogens (tertiary/aromatic N) is 2. The van der Waals surface area contributed by atoms with Crippen molar-refractivity contribution in [2.45, 2.75) is 13.3 Å². The first-order valence-electron chi connectivity index (χ1n) is 10.3. The van der Waals surface area contributed by atoms with E-state index in [-0.39, 0.29) is 11.3 Å². The van der Waals surface area contributed by atoms with E-state index in [0.29, 0.717) is 30.2 Å². The third kappa shape index (κ3) is 5.06. The summed E-state index contributed by atoms with van der Waals surface area (Å²) in [5.41, 5.74) is 7.47. The van der Waals surface area contributed by atoms with E-state index < -0.39 is 11.8 Å². The number of aromatic nitrogens is 1. The number of carbonyl (C=O) groups is 2. The minimum absolute atomic E-state index is 0.0914. The maximum atomic E-state index is 12.6. The molecule has 4 rings (SSSR count). The molecule has 1 saturated heterocycles. The molecule has 1 aliphatic rings. The largest absolute Gasteiger partial charge is 0.507 e. The van der Waals surface area contributed by atoms with Crippen molar-refractivity contribution in [1.29, 1.82) is 0 Å². The van der Waals surface area contributed by atoms with Crippen LogP contribution in [0.1, 0.15) is 36.9 Å². The Kier molecular flexibility index (Phi) is 6.67. The van der Waals surface area contributed by atoms with Gasteiger partial charge in [-0.05, 0) is 36.6 Å². The highest BCUT2D eigenvalue weighted by molar-refractivity contribution is 7.17. The quantitative estimate of drug-likeness (QED) is 0.514. The van der Waals surface area contributed by atoms with E-state index in [1.165, 1.54) is 17.4 Å². The van der Waals surface area contributed by atoms with Crippen molar-refractivity contribution in [2.24, 2.45) is 0 Å². The summed E-state index contributed by atoms with van der Waals surface area (Å²) in [6.45, 7) is 4.47. The lowest BCUT2D eigenvalue weighted by atomic mass is 10.0. The van der Waals surface area contributed by atoms with Crippen LogP contribution in [0.5, 0.6) is 5.75 Å². The van der Waals surface area contributed by atoms with Gasteiger partial charge in [-0.25, -0.2) is 4.98 Å². The standard InChI is InChI=1S/C23H24N4O4S/c1-15-20(32-23(24-15)27-9-11-31-12-10-27)22(30)26-25-21(29)18-14-17(7-8-19(18)28)13-16-5-3-2-4-6-16/h2-8,14,28H,9-13H2,1H3,(H,25,29)(H,26,30). The molecule has 0 radical (unpaired) electrons. The topological polar surface area (TPSA) is 104 Å². The number of hydrogen-bond donors (Lipinski definition) is 3. The SMILES string of the molecule is Cc1nc(N2CCOCC2)sc1C(=O)NNC(=O)c1cc(Cc2ccccc2)ccc1O. The minimum atomic E-state index is -0.596. The molecule has 166 valence electrons. The first-order chi connectivity index (χ1) is 15.5. The summed E-state index contributed by atoms with van der Waals surface area (Å²) in [6, 6.07) is 14.7. The van der Waals surface area contributed by atoms with Crippen molar-refractivity contribution >= 4 is 28.3 Å². The molecule has 2 amide bonds. The van der Waals surface area contributed by atoms with Crippen LogP contribution in [0.15, 0.2) is 48.5 Å². The number of aryl methyl sites for hydroxylation is 1. The van der Waals surface area contributed by atoms with Gasteiger partial charge in [-0.2, -0.15) is 0 Å². The van der Waals surface area contributed by atoms with Gasteiger partial charge in [0.1, 0.15) is 10.6 Å². The van der Waals surface area contributed by atoms with Gasteiger partial charge in [-0.3, -0.25) is 20.4 Å². The van der Waals surface area contributed by atoms with Gasteiger partial charge < -0.3 is 14.7 Å². The lowest BCUT2D eigenvalue weighted by Crippen LogP contribution is -2.41. The number of nitrogens with one attached hydrogen (secondary N) is 2. The molecule has 0 aliphatic carbocycles. The predicted molar refractivity (Wildman–Crippen MR) is 122 cm³/mol. The first kappa shape index (κ1) is 21.8. The monoisotopic (exact) mass is 452 g/mol. The Morgan fingerprint density at radius 3 is 2.53 bits per heavy atom. The zero-order valence-electron chi connectivity index (χ0n) is 17.6. The number of benzene rings is 2. The predicted octanol–water partition coefficient (Wildman–Crippen LogP) is 2.66. The van der Waals surface area contributed by atoms with E-state index >= 15 is 0 Å². The zero-order chi connectivity index (χ0) is 22.5. The highest BCUT2D eigenvalue weighted by atomic mass is 32.1. The summed E-state index contributed by atoms with van der Waals surface area (Å²) in [6.07, 6.45) is 0.623. The molecule has 0 bridgehead atoms. The third-order valence-corrected chi connectivity index (χ3v) is 6.34. The van der Waals surface area contributed by atoms with E-state index in [1.807, 2.05) is 30.3 Å². The number of morpholine rings is 1. The van der Waals surface area contributed by atoms with Gasteiger partial charge in [0.25, 0.3) is 11.8 Å². The van der Waals surface area contributed by atoms with E-state index in [2.05, 4.69) is 20.7 Å². The molecule has 9 heteroatoms. The second kappa shape index (κ2) is 9.80. The van der Waals surface area contributed by atoms with Gasteiger partial charge in [0.15, 0.2) is 5.13 Å². The number of aromatic hydroxyl groups is 1. The number of carbonyl (C=O) groups excluding carboxylic acids is 2. The Morgan fingerprint density at radius 1 is 1.06 bits per heavy atom. The van der Waals surface area contributed by atoms with Gasteiger partial charge in [-0.1, -0.05) is 47.7 Å². The molecule has 1 aromatic heterocycles. The van der Waals surface area contributed by atoms with Crippen LogP contribution in [0.25, 0.3) is 0 Å². The molecular weight excluding hydrogens is 428 g/mol. The molecular formula is C23H24N4O4S. The summed E-state index contributed by atoms with van der Waals surface area (Å²) >= 11 is 1.27. The second-order valence-corrected chi connectivity index (χ2v) is 8.41. The van der Waals surface area contributed by atoms with Gasteiger partial charge >= 0.3 is 0 Å². The average Bonchev–Trinajstić information content (AvgIpc) is 3.21. The number of anilines is 1. The van der Waals surface area contributed by atoms with E-state index in [4.69, 9.17) is 4.74 Å². The van der Waals surface area contributed by atoms with Crippen LogP contribution in [0.3, 0.4) is 0 Å². The molecule has 0 unspecified atom stereocenters. The van der Waals surface area contributed by atoms with Crippen LogP contribution in [0.4, 0.5) is 5.13 Å². The minimum Gasteiger partial charge on any atom is -0.507 e. The van der Waals surface area contributed by atoms with Crippen molar-refractivity contribution in [1.82, 2.24) is 15.8 Å². The van der Waals surface area contributed by atoms with E-state index in [1.54, 1.807) is 19.1 Å². The number of phenolic OH excluding ortho intramolecular Hbond substituents is 1. The van der Waals surface area contributed by atoms with Crippen molar-refractivity contribution in [2.75, 3.05) is 31.2 Å². The fourth-order valence-corrected chi connectivity index (χ4v) is 4.44. The number of ether oxygens (including phenoxy) is 1. The second-order valence-electron chi connectivity index (χ2n) is 7.43. The third-order valence-electron chi connectivity index (χ3n) is 5.12. The van der Waals surface area contributed by atoms with Gasteiger partial charge in [0, 0.05) is 13.1 Å². The maximum absolute atomic E-state index is 12.6. The Hall–Kier alpha value is -3.43. The summed E-state index contributed by atoms with van der Waals surface area (Å²) in [5, 5.41) is 10.9. The van der Waals surface area contributed by atoms with Crippen LogP contribution in [-0.2, 0) is 11.2 Å². The number of hydrogen-bond acceptors (Lipinski definition) is 7. The van der Waals surface area contributed by atoms with Crippen molar-refractivity contribution < 1.29 is 19.4 Å². The summed E-state index contributed by atoms with van der Waals surface area (Å²) in [5.74, 6) is -1.20. The van der Waals surface area contributed by atoms with E-state index in [0.717, 1.165) is 29.3 Å². The molecule has 0 spiro atoms. The number of thiazole rings is 1. The van der Waals surface area contributed by atoms with Crippen LogP contribution in [0, 0.1) is 6.92 Å². The summed E-state index contributed by atoms with van der Waals surface area (Å²) in [7, 11) is 0. The Labute approximate surface area is 189 Å². The molecule has 3 aromatic rings. The van der Waals surface area contributed by atoms with Crippen molar-refractivity contribution in [3.63, 3.8) is 0 Å².